The van der Waals surface area contributed by atoms with Crippen LogP contribution in [0.2, 0.25) is 15.1 Å². The summed E-state index contributed by atoms with van der Waals surface area (Å²) in [6.45, 7) is 2.98. The number of carbonyl (C=O) groups excluding carboxylic acids is 2. The molecule has 2 aromatic carbocycles. The second kappa shape index (κ2) is 12.7. The average Bonchev–Trinajstić information content (AvgIpc) is 2.84. The van der Waals surface area contributed by atoms with Gasteiger partial charge in [0.2, 0.25) is 21.8 Å². The minimum Gasteiger partial charge on any atom is -0.352 e. The van der Waals surface area contributed by atoms with Gasteiger partial charge >= 0.3 is 0 Å². The molecule has 2 amide bonds. The lowest BCUT2D eigenvalue weighted by Gasteiger charge is -2.33. The van der Waals surface area contributed by atoms with E-state index in [9.17, 15) is 18.0 Å². The molecule has 1 fully saturated rings. The van der Waals surface area contributed by atoms with Gasteiger partial charge in [-0.2, -0.15) is 0 Å². The summed E-state index contributed by atoms with van der Waals surface area (Å²) in [5.41, 5.74) is 1.70. The van der Waals surface area contributed by atoms with Crippen molar-refractivity contribution in [2.24, 2.45) is 0 Å². The number of halogens is 3. The van der Waals surface area contributed by atoms with Crippen molar-refractivity contribution in [2.45, 2.75) is 64.6 Å². The van der Waals surface area contributed by atoms with Gasteiger partial charge in [-0.25, -0.2) is 8.42 Å². The van der Waals surface area contributed by atoms with Crippen LogP contribution in [0, 0.1) is 6.92 Å². The lowest BCUT2D eigenvalue weighted by molar-refractivity contribution is -0.139. The summed E-state index contributed by atoms with van der Waals surface area (Å²) in [6.07, 6.45) is 6.07. The molecule has 0 radical (unpaired) electrons. The number of nitrogens with one attached hydrogen (secondary N) is 1. The Balaban J connectivity index is 1.90. The van der Waals surface area contributed by atoms with Crippen LogP contribution in [0.4, 0.5) is 5.69 Å². The largest absolute Gasteiger partial charge is 0.352 e. The summed E-state index contributed by atoms with van der Waals surface area (Å²) in [4.78, 5) is 28.2. The summed E-state index contributed by atoms with van der Waals surface area (Å²) >= 11 is 18.5. The average molecular weight is 589 g/mol. The smallest absolute Gasteiger partial charge is 0.244 e. The first-order chi connectivity index (χ1) is 17.4. The molecule has 2 aromatic rings. The first-order valence-electron chi connectivity index (χ1n) is 12.1. The molecule has 0 spiro atoms. The van der Waals surface area contributed by atoms with E-state index >= 15 is 0 Å². The molecule has 0 aromatic heterocycles. The van der Waals surface area contributed by atoms with E-state index in [0.29, 0.717) is 20.6 Å². The molecule has 3 rings (SSSR count). The highest BCUT2D eigenvalue weighted by Crippen LogP contribution is 2.27. The molecule has 202 valence electrons. The van der Waals surface area contributed by atoms with Crippen molar-refractivity contribution < 1.29 is 18.0 Å². The molecule has 11 heteroatoms. The first-order valence-corrected chi connectivity index (χ1v) is 15.1. The molecule has 37 heavy (non-hydrogen) atoms. The molecule has 0 aliphatic heterocycles. The van der Waals surface area contributed by atoms with Crippen molar-refractivity contribution in [1.29, 1.82) is 0 Å². The Morgan fingerprint density at radius 2 is 1.68 bits per heavy atom. The molecule has 0 bridgehead atoms. The predicted molar refractivity (Wildman–Crippen MR) is 150 cm³/mol. The molecular weight excluding hydrogens is 557 g/mol. The second-order valence-electron chi connectivity index (χ2n) is 9.49. The summed E-state index contributed by atoms with van der Waals surface area (Å²) in [6, 6.07) is 8.96. The molecule has 1 saturated carbocycles. The standard InChI is InChI=1S/C26H32Cl3N3O4S/c1-17-9-11-21(14-23(17)28)32(37(3,35)36)16-25(33)31(15-19-10-12-22(27)24(29)13-19)18(2)26(34)30-20-7-5-4-6-8-20/h9-14,18,20H,4-8,15-16H2,1-3H3,(H,30,34)/t18-/m0/s1. The van der Waals surface area contributed by atoms with Crippen LogP contribution in [-0.4, -0.2) is 50.0 Å². The lowest BCUT2D eigenvalue weighted by Crippen LogP contribution is -2.53. The second-order valence-corrected chi connectivity index (χ2v) is 12.6. The normalized spacial score (nSPS) is 15.2. The van der Waals surface area contributed by atoms with Gasteiger partial charge in [0.15, 0.2) is 0 Å². The monoisotopic (exact) mass is 587 g/mol. The lowest BCUT2D eigenvalue weighted by atomic mass is 9.95. The topological polar surface area (TPSA) is 86.8 Å². The van der Waals surface area contributed by atoms with E-state index in [1.54, 1.807) is 44.2 Å². The van der Waals surface area contributed by atoms with E-state index in [1.807, 2.05) is 0 Å². The van der Waals surface area contributed by atoms with Gasteiger partial charge in [-0.1, -0.05) is 66.2 Å². The fourth-order valence-electron chi connectivity index (χ4n) is 4.34. The van der Waals surface area contributed by atoms with Gasteiger partial charge in [0.25, 0.3) is 0 Å². The quantitative estimate of drug-likeness (QED) is 0.414. The van der Waals surface area contributed by atoms with Crippen LogP contribution in [0.15, 0.2) is 36.4 Å². The highest BCUT2D eigenvalue weighted by atomic mass is 35.5. The molecule has 0 saturated heterocycles. The number of aryl methyl sites for hydroxylation is 1. The van der Waals surface area contributed by atoms with Crippen molar-refractivity contribution in [1.82, 2.24) is 10.2 Å². The number of anilines is 1. The Kier molecular flexibility index (Phi) is 10.1. The van der Waals surface area contributed by atoms with Crippen molar-refractivity contribution in [3.05, 3.63) is 62.6 Å². The van der Waals surface area contributed by atoms with Crippen molar-refractivity contribution in [3.8, 4) is 0 Å². The van der Waals surface area contributed by atoms with Gasteiger partial charge in [-0.15, -0.1) is 0 Å². The van der Waals surface area contributed by atoms with Crippen LogP contribution < -0.4 is 9.62 Å². The van der Waals surface area contributed by atoms with Gasteiger partial charge in [0.05, 0.1) is 22.0 Å². The highest BCUT2D eigenvalue weighted by Gasteiger charge is 2.31. The van der Waals surface area contributed by atoms with Gasteiger partial charge in [-0.05, 0) is 62.1 Å². The van der Waals surface area contributed by atoms with E-state index in [1.165, 1.54) is 11.0 Å². The van der Waals surface area contributed by atoms with E-state index in [2.05, 4.69) is 5.32 Å². The van der Waals surface area contributed by atoms with Crippen LogP contribution >= 0.6 is 34.8 Å². The van der Waals surface area contributed by atoms with Crippen LogP contribution in [0.3, 0.4) is 0 Å². The van der Waals surface area contributed by atoms with Crippen molar-refractivity contribution >= 4 is 62.3 Å². The summed E-state index contributed by atoms with van der Waals surface area (Å²) < 4.78 is 26.4. The fraction of sp³-hybridized carbons (Fsp3) is 0.462. The minimum absolute atomic E-state index is 0.0429. The third-order valence-corrected chi connectivity index (χ3v) is 8.87. The molecule has 0 unspecified atom stereocenters. The first kappa shape index (κ1) is 29.6. The number of amides is 2. The van der Waals surface area contributed by atoms with E-state index in [0.717, 1.165) is 48.2 Å². The van der Waals surface area contributed by atoms with E-state index in [4.69, 9.17) is 34.8 Å². The number of hydrogen-bond acceptors (Lipinski definition) is 4. The van der Waals surface area contributed by atoms with Gasteiger partial charge in [0, 0.05) is 17.6 Å². The summed E-state index contributed by atoms with van der Waals surface area (Å²) in [7, 11) is -3.84. The Labute approximate surface area is 234 Å². The molecule has 0 heterocycles. The van der Waals surface area contributed by atoms with E-state index < -0.39 is 28.5 Å². The van der Waals surface area contributed by atoms with Crippen molar-refractivity contribution in [3.63, 3.8) is 0 Å². The van der Waals surface area contributed by atoms with Crippen molar-refractivity contribution in [2.75, 3.05) is 17.1 Å². The third-order valence-electron chi connectivity index (χ3n) is 6.58. The zero-order valence-electron chi connectivity index (χ0n) is 21.1. The maximum absolute atomic E-state index is 13.7. The number of benzene rings is 2. The Hall–Kier alpha value is -2.00. The SMILES string of the molecule is Cc1ccc(N(CC(=O)N(Cc2ccc(Cl)c(Cl)c2)[C@@H](C)C(=O)NC2CCCCC2)S(C)(=O)=O)cc1Cl. The maximum Gasteiger partial charge on any atom is 0.244 e. The molecule has 1 N–H and O–H groups in total. The highest BCUT2D eigenvalue weighted by molar-refractivity contribution is 7.92. The van der Waals surface area contributed by atoms with Gasteiger partial charge in [0.1, 0.15) is 12.6 Å². The molecule has 1 aliphatic rings. The van der Waals surface area contributed by atoms with Crippen LogP contribution in [0.5, 0.6) is 0 Å². The van der Waals surface area contributed by atoms with Crippen LogP contribution in [0.25, 0.3) is 0 Å². The third kappa shape index (κ3) is 7.99. The van der Waals surface area contributed by atoms with Crippen LogP contribution in [0.1, 0.15) is 50.2 Å². The zero-order chi connectivity index (χ0) is 27.3. The number of sulfonamides is 1. The predicted octanol–water partition coefficient (Wildman–Crippen LogP) is 5.59. The Morgan fingerprint density at radius 1 is 1.00 bits per heavy atom. The maximum atomic E-state index is 13.7. The summed E-state index contributed by atoms with van der Waals surface area (Å²) in [5, 5.41) is 4.12. The molecule has 7 nitrogen and oxygen atoms in total. The van der Waals surface area contributed by atoms with Gasteiger partial charge in [-0.3, -0.25) is 13.9 Å². The van der Waals surface area contributed by atoms with Gasteiger partial charge < -0.3 is 10.2 Å². The minimum atomic E-state index is -3.84. The van der Waals surface area contributed by atoms with E-state index in [-0.39, 0.29) is 24.2 Å². The Bertz CT molecular complexity index is 1250. The number of nitrogens with zero attached hydrogens (tertiary/aromatic N) is 2. The number of rotatable bonds is 9. The summed E-state index contributed by atoms with van der Waals surface area (Å²) in [5.74, 6) is -0.830. The number of carbonyl (C=O) groups is 2. The molecular formula is C26H32Cl3N3O4S. The molecule has 1 atom stereocenters. The number of hydrogen-bond donors (Lipinski definition) is 1. The zero-order valence-corrected chi connectivity index (χ0v) is 24.2. The molecule has 1 aliphatic carbocycles. The van der Waals surface area contributed by atoms with Crippen LogP contribution in [-0.2, 0) is 26.2 Å². The Morgan fingerprint density at radius 3 is 2.27 bits per heavy atom. The fourth-order valence-corrected chi connectivity index (χ4v) is 5.67.